The van der Waals surface area contributed by atoms with Crippen molar-refractivity contribution in [2.24, 2.45) is 5.92 Å². The van der Waals surface area contributed by atoms with Crippen molar-refractivity contribution in [3.8, 4) is 0 Å². The molecule has 0 radical (unpaired) electrons. The second-order valence-electron chi connectivity index (χ2n) is 2.78. The van der Waals surface area contributed by atoms with Gasteiger partial charge in [-0.15, -0.1) is 0 Å². The van der Waals surface area contributed by atoms with Crippen molar-refractivity contribution in [1.82, 2.24) is 9.97 Å². The summed E-state index contributed by atoms with van der Waals surface area (Å²) in [7, 11) is 0. The highest BCUT2D eigenvalue weighted by molar-refractivity contribution is 5.18. The predicted molar refractivity (Wildman–Crippen MR) is 36.6 cm³/mol. The van der Waals surface area contributed by atoms with Crippen molar-refractivity contribution < 1.29 is 5.11 Å². The Morgan fingerprint density at radius 3 is 3.30 bits per heavy atom. The van der Waals surface area contributed by atoms with Crippen LogP contribution in [0.25, 0.3) is 0 Å². The molecule has 1 aliphatic carbocycles. The summed E-state index contributed by atoms with van der Waals surface area (Å²) in [5.74, 6) is 0.412. The zero-order valence-corrected chi connectivity index (χ0v) is 5.67. The van der Waals surface area contributed by atoms with E-state index in [-0.39, 0.29) is 6.61 Å². The van der Waals surface area contributed by atoms with Crippen molar-refractivity contribution >= 4 is 0 Å². The number of hydrogen-bond acceptors (Lipinski definition) is 2. The van der Waals surface area contributed by atoms with E-state index >= 15 is 0 Å². The van der Waals surface area contributed by atoms with Crippen LogP contribution in [0.15, 0.2) is 6.33 Å². The van der Waals surface area contributed by atoms with Gasteiger partial charge < -0.3 is 10.1 Å². The number of rotatable bonds is 1. The zero-order valence-electron chi connectivity index (χ0n) is 5.67. The van der Waals surface area contributed by atoms with Gasteiger partial charge in [-0.2, -0.15) is 0 Å². The maximum absolute atomic E-state index is 8.81. The van der Waals surface area contributed by atoms with Gasteiger partial charge in [0, 0.05) is 12.3 Å². The minimum Gasteiger partial charge on any atom is -0.396 e. The number of nitrogens with one attached hydrogen (secondary N) is 1. The maximum Gasteiger partial charge on any atom is 0.0925 e. The molecule has 1 atom stereocenters. The number of aromatic amines is 1. The number of aliphatic hydroxyl groups excluding tert-OH is 1. The Labute approximate surface area is 59.1 Å². The molecule has 1 heterocycles. The average molecular weight is 138 g/mol. The molecule has 0 aliphatic heterocycles. The summed E-state index contributed by atoms with van der Waals surface area (Å²) in [6.07, 6.45) is 3.62. The number of nitrogens with zero attached hydrogens (tertiary/aromatic N) is 1. The predicted octanol–water partition coefficient (Wildman–Crippen LogP) is 0.117. The van der Waals surface area contributed by atoms with Gasteiger partial charge in [-0.1, -0.05) is 0 Å². The number of H-pyrrole nitrogens is 1. The molecule has 0 saturated carbocycles. The van der Waals surface area contributed by atoms with Gasteiger partial charge in [-0.3, -0.25) is 0 Å². The highest BCUT2D eigenvalue weighted by Gasteiger charge is 2.22. The van der Waals surface area contributed by atoms with E-state index in [1.807, 2.05) is 0 Å². The van der Waals surface area contributed by atoms with E-state index in [9.17, 15) is 0 Å². The highest BCUT2D eigenvalue weighted by Crippen LogP contribution is 2.22. The molecule has 3 nitrogen and oxygen atoms in total. The van der Waals surface area contributed by atoms with Gasteiger partial charge >= 0.3 is 0 Å². The van der Waals surface area contributed by atoms with Gasteiger partial charge in [0.25, 0.3) is 0 Å². The summed E-state index contributed by atoms with van der Waals surface area (Å²) in [5, 5.41) is 8.81. The molecule has 1 aliphatic rings. The summed E-state index contributed by atoms with van der Waals surface area (Å²) >= 11 is 0. The van der Waals surface area contributed by atoms with Crippen LogP contribution < -0.4 is 0 Å². The molecule has 0 saturated heterocycles. The minimum absolute atomic E-state index is 0.282. The fourth-order valence-corrected chi connectivity index (χ4v) is 1.47. The first-order valence-electron chi connectivity index (χ1n) is 3.52. The van der Waals surface area contributed by atoms with Crippen molar-refractivity contribution in [3.63, 3.8) is 0 Å². The molecule has 1 aromatic heterocycles. The molecular weight excluding hydrogens is 128 g/mol. The molecule has 0 fully saturated rings. The second-order valence-corrected chi connectivity index (χ2v) is 2.78. The van der Waals surface area contributed by atoms with Gasteiger partial charge in [0.2, 0.25) is 0 Å². The van der Waals surface area contributed by atoms with Gasteiger partial charge in [0.05, 0.1) is 12.0 Å². The maximum atomic E-state index is 8.81. The van der Waals surface area contributed by atoms with Crippen LogP contribution in [0.4, 0.5) is 0 Å². The fourth-order valence-electron chi connectivity index (χ4n) is 1.47. The van der Waals surface area contributed by atoms with Crippen molar-refractivity contribution in [1.29, 1.82) is 0 Å². The zero-order chi connectivity index (χ0) is 6.97. The van der Waals surface area contributed by atoms with E-state index in [0.717, 1.165) is 18.5 Å². The molecular formula is C7H10N2O. The number of hydrogen-bond donors (Lipinski definition) is 2. The van der Waals surface area contributed by atoms with Crippen molar-refractivity contribution in [2.45, 2.75) is 12.8 Å². The Kier molecular flexibility index (Phi) is 1.24. The third-order valence-electron chi connectivity index (χ3n) is 2.04. The minimum atomic E-state index is 0.282. The smallest absolute Gasteiger partial charge is 0.0925 e. The first-order chi connectivity index (χ1) is 4.90. The van der Waals surface area contributed by atoms with E-state index in [4.69, 9.17) is 5.11 Å². The van der Waals surface area contributed by atoms with Crippen molar-refractivity contribution in [3.05, 3.63) is 17.7 Å². The molecule has 1 unspecified atom stereocenters. The van der Waals surface area contributed by atoms with E-state index in [1.54, 1.807) is 6.33 Å². The average Bonchev–Trinajstić information content (AvgIpc) is 2.42. The largest absolute Gasteiger partial charge is 0.396 e. The molecule has 54 valence electrons. The van der Waals surface area contributed by atoms with Gasteiger partial charge in [-0.05, 0) is 18.8 Å². The third-order valence-corrected chi connectivity index (χ3v) is 2.04. The standard InChI is InChI=1S/C7H10N2O/c10-3-5-1-6-7(2-5)9-4-8-6/h4-5,10H,1-3H2,(H,8,9). The van der Waals surface area contributed by atoms with Crippen LogP contribution in [0.5, 0.6) is 0 Å². The van der Waals surface area contributed by atoms with E-state index in [1.165, 1.54) is 5.69 Å². The molecule has 1 aromatic rings. The molecule has 0 amide bonds. The van der Waals surface area contributed by atoms with Crippen LogP contribution in [0.2, 0.25) is 0 Å². The molecule has 2 rings (SSSR count). The number of aliphatic hydroxyl groups is 1. The normalized spacial score (nSPS) is 17.7. The monoisotopic (exact) mass is 138 g/mol. The van der Waals surface area contributed by atoms with Crippen LogP contribution in [-0.4, -0.2) is 21.7 Å². The summed E-state index contributed by atoms with van der Waals surface area (Å²) in [6.45, 7) is 0.282. The Hall–Kier alpha value is -0.830. The quantitative estimate of drug-likeness (QED) is 0.579. The lowest BCUT2D eigenvalue weighted by Gasteiger charge is -2.00. The Balaban J connectivity index is 2.21. The molecule has 0 spiro atoms. The van der Waals surface area contributed by atoms with Gasteiger partial charge in [0.1, 0.15) is 0 Å². The summed E-state index contributed by atoms with van der Waals surface area (Å²) in [5.41, 5.74) is 2.35. The molecule has 0 aromatic carbocycles. The fraction of sp³-hybridized carbons (Fsp3) is 0.571. The van der Waals surface area contributed by atoms with Crippen LogP contribution >= 0.6 is 0 Å². The lowest BCUT2D eigenvalue weighted by Crippen LogP contribution is -2.05. The van der Waals surface area contributed by atoms with Gasteiger partial charge in [0.15, 0.2) is 0 Å². The summed E-state index contributed by atoms with van der Waals surface area (Å²) < 4.78 is 0. The van der Waals surface area contributed by atoms with E-state index < -0.39 is 0 Å². The Bertz CT molecular complexity index is 211. The summed E-state index contributed by atoms with van der Waals surface area (Å²) in [6, 6.07) is 0. The Morgan fingerprint density at radius 2 is 2.60 bits per heavy atom. The second kappa shape index (κ2) is 2.09. The van der Waals surface area contributed by atoms with Crippen molar-refractivity contribution in [2.75, 3.05) is 6.61 Å². The SMILES string of the molecule is OCC1Cc2nc[nH]c2C1. The summed E-state index contributed by atoms with van der Waals surface area (Å²) in [4.78, 5) is 7.19. The van der Waals surface area contributed by atoms with E-state index in [0.29, 0.717) is 5.92 Å². The molecule has 2 N–H and O–H groups in total. The van der Waals surface area contributed by atoms with Crippen LogP contribution in [0.1, 0.15) is 11.4 Å². The first-order valence-corrected chi connectivity index (χ1v) is 3.52. The molecule has 10 heavy (non-hydrogen) atoms. The van der Waals surface area contributed by atoms with Gasteiger partial charge in [-0.25, -0.2) is 4.98 Å². The molecule has 3 heteroatoms. The topological polar surface area (TPSA) is 48.9 Å². The lowest BCUT2D eigenvalue weighted by atomic mass is 10.1. The lowest BCUT2D eigenvalue weighted by molar-refractivity contribution is 0.231. The first kappa shape index (κ1) is 5.92. The third kappa shape index (κ3) is 0.743. The number of imidazole rings is 1. The molecule has 0 bridgehead atoms. The Morgan fingerprint density at radius 1 is 1.70 bits per heavy atom. The van der Waals surface area contributed by atoms with Crippen LogP contribution in [0.3, 0.4) is 0 Å². The highest BCUT2D eigenvalue weighted by atomic mass is 16.3. The van der Waals surface area contributed by atoms with Crippen LogP contribution in [0, 0.1) is 5.92 Å². The van der Waals surface area contributed by atoms with Crippen LogP contribution in [-0.2, 0) is 12.8 Å². The van der Waals surface area contributed by atoms with E-state index in [2.05, 4.69) is 9.97 Å². The number of aromatic nitrogens is 2. The number of fused-ring (bicyclic) bond motifs is 1.